The molecule has 0 aliphatic carbocycles. The van der Waals surface area contributed by atoms with Gasteiger partial charge in [-0.05, 0) is 42.6 Å². The van der Waals surface area contributed by atoms with Gasteiger partial charge in [0.1, 0.15) is 0 Å². The van der Waals surface area contributed by atoms with E-state index in [1.165, 1.54) is 35.8 Å². The molecule has 0 radical (unpaired) electrons. The van der Waals surface area contributed by atoms with E-state index in [9.17, 15) is 13.2 Å². The largest absolute Gasteiger partial charge is 0.334 e. The van der Waals surface area contributed by atoms with Gasteiger partial charge in [0.05, 0.1) is 5.75 Å². The fraction of sp³-hybridized carbons (Fsp3) is 0.458. The van der Waals surface area contributed by atoms with E-state index in [-0.39, 0.29) is 11.8 Å². The first kappa shape index (κ1) is 22.8. The SMILES string of the molecule is O=C(NCc1ccc(CN2CCCC2)cc1)N1CCN(S(=O)(=O)Cc2ccccc2)CC1. The van der Waals surface area contributed by atoms with Crippen molar-refractivity contribution in [2.24, 2.45) is 0 Å². The Morgan fingerprint density at radius 2 is 1.41 bits per heavy atom. The number of carbonyl (C=O) groups excluding carboxylic acids is 1. The van der Waals surface area contributed by atoms with Crippen LogP contribution in [0.3, 0.4) is 0 Å². The second-order valence-corrected chi connectivity index (χ2v) is 10.6. The van der Waals surface area contributed by atoms with E-state index < -0.39 is 10.0 Å². The van der Waals surface area contributed by atoms with Crippen molar-refractivity contribution in [2.75, 3.05) is 39.3 Å². The normalized spacial score (nSPS) is 18.1. The quantitative estimate of drug-likeness (QED) is 0.695. The van der Waals surface area contributed by atoms with Crippen molar-refractivity contribution in [3.63, 3.8) is 0 Å². The first-order valence-electron chi connectivity index (χ1n) is 11.3. The van der Waals surface area contributed by atoms with Crippen molar-refractivity contribution in [1.82, 2.24) is 19.4 Å². The van der Waals surface area contributed by atoms with Gasteiger partial charge in [0.15, 0.2) is 0 Å². The van der Waals surface area contributed by atoms with Crippen molar-refractivity contribution in [3.05, 3.63) is 71.3 Å². The molecule has 2 aliphatic rings. The van der Waals surface area contributed by atoms with E-state index >= 15 is 0 Å². The first-order chi connectivity index (χ1) is 15.5. The molecule has 2 aliphatic heterocycles. The molecule has 0 spiro atoms. The Hall–Kier alpha value is -2.42. The van der Waals surface area contributed by atoms with E-state index in [1.807, 2.05) is 30.3 Å². The molecule has 4 rings (SSSR count). The van der Waals surface area contributed by atoms with Crippen LogP contribution in [0.25, 0.3) is 0 Å². The summed E-state index contributed by atoms with van der Waals surface area (Å²) in [6.07, 6.45) is 2.58. The average Bonchev–Trinajstić information content (AvgIpc) is 3.32. The number of amides is 2. The zero-order valence-corrected chi connectivity index (χ0v) is 19.3. The van der Waals surface area contributed by atoms with Crippen molar-refractivity contribution in [2.45, 2.75) is 31.7 Å². The van der Waals surface area contributed by atoms with E-state index in [2.05, 4.69) is 34.5 Å². The summed E-state index contributed by atoms with van der Waals surface area (Å²) < 4.78 is 26.9. The highest BCUT2D eigenvalue weighted by atomic mass is 32.2. The van der Waals surface area contributed by atoms with Gasteiger partial charge in [0, 0.05) is 39.3 Å². The third-order valence-corrected chi connectivity index (χ3v) is 8.03. The van der Waals surface area contributed by atoms with Gasteiger partial charge in [-0.1, -0.05) is 54.6 Å². The number of rotatable bonds is 7. The van der Waals surface area contributed by atoms with E-state index in [1.54, 1.807) is 4.90 Å². The number of hydrogen-bond acceptors (Lipinski definition) is 4. The van der Waals surface area contributed by atoms with Crippen LogP contribution in [0.1, 0.15) is 29.5 Å². The summed E-state index contributed by atoms with van der Waals surface area (Å²) >= 11 is 0. The molecule has 32 heavy (non-hydrogen) atoms. The van der Waals surface area contributed by atoms with E-state index in [0.717, 1.165) is 17.7 Å². The van der Waals surface area contributed by atoms with Gasteiger partial charge in [-0.25, -0.2) is 13.2 Å². The van der Waals surface area contributed by atoms with Crippen LogP contribution in [-0.4, -0.2) is 67.8 Å². The Balaban J connectivity index is 1.21. The van der Waals surface area contributed by atoms with Crippen LogP contribution in [0.5, 0.6) is 0 Å². The average molecular weight is 457 g/mol. The van der Waals surface area contributed by atoms with Crippen LogP contribution in [0.4, 0.5) is 4.79 Å². The second-order valence-electron chi connectivity index (χ2n) is 8.59. The molecule has 0 unspecified atom stereocenters. The summed E-state index contributed by atoms with van der Waals surface area (Å²) in [5.41, 5.74) is 3.14. The molecule has 0 saturated carbocycles. The second kappa shape index (κ2) is 10.5. The molecule has 2 fully saturated rings. The summed E-state index contributed by atoms with van der Waals surface area (Å²) in [4.78, 5) is 16.7. The van der Waals surface area contributed by atoms with Crippen molar-refractivity contribution >= 4 is 16.1 Å². The fourth-order valence-corrected chi connectivity index (χ4v) is 5.81. The van der Waals surface area contributed by atoms with Gasteiger partial charge in [-0.3, -0.25) is 4.90 Å². The molecule has 1 N–H and O–H groups in total. The minimum absolute atomic E-state index is 0.00616. The van der Waals surface area contributed by atoms with Crippen LogP contribution in [0.15, 0.2) is 54.6 Å². The van der Waals surface area contributed by atoms with Gasteiger partial charge in [0.25, 0.3) is 0 Å². The van der Waals surface area contributed by atoms with Gasteiger partial charge >= 0.3 is 6.03 Å². The summed E-state index contributed by atoms with van der Waals surface area (Å²) in [7, 11) is -3.38. The molecule has 7 nitrogen and oxygen atoms in total. The van der Waals surface area contributed by atoms with Crippen molar-refractivity contribution < 1.29 is 13.2 Å². The summed E-state index contributed by atoms with van der Waals surface area (Å²) in [5, 5.41) is 2.96. The smallest absolute Gasteiger partial charge is 0.317 e. The molecule has 172 valence electrons. The van der Waals surface area contributed by atoms with Gasteiger partial charge in [-0.15, -0.1) is 0 Å². The molecule has 0 atom stereocenters. The van der Waals surface area contributed by atoms with Crippen LogP contribution < -0.4 is 5.32 Å². The van der Waals surface area contributed by atoms with Crippen LogP contribution in [-0.2, 0) is 28.9 Å². The zero-order chi connectivity index (χ0) is 22.4. The number of benzene rings is 2. The maximum Gasteiger partial charge on any atom is 0.317 e. The third kappa shape index (κ3) is 6.09. The van der Waals surface area contributed by atoms with Gasteiger partial charge in [0.2, 0.25) is 10.0 Å². The van der Waals surface area contributed by atoms with Crippen LogP contribution in [0.2, 0.25) is 0 Å². The lowest BCUT2D eigenvalue weighted by molar-refractivity contribution is 0.172. The first-order valence-corrected chi connectivity index (χ1v) is 13.0. The molecule has 8 heteroatoms. The molecule has 2 aromatic rings. The molecule has 2 heterocycles. The molecule has 0 aromatic heterocycles. The highest BCUT2D eigenvalue weighted by Gasteiger charge is 2.28. The van der Waals surface area contributed by atoms with Crippen LogP contribution in [0, 0.1) is 0 Å². The predicted octanol–water partition coefficient (Wildman–Crippen LogP) is 2.64. The zero-order valence-electron chi connectivity index (χ0n) is 18.4. The number of piperazine rings is 1. The van der Waals surface area contributed by atoms with Gasteiger partial charge in [-0.2, -0.15) is 4.31 Å². The maximum absolute atomic E-state index is 12.7. The highest BCUT2D eigenvalue weighted by Crippen LogP contribution is 2.15. The number of sulfonamides is 1. The number of nitrogens with one attached hydrogen (secondary N) is 1. The molecule has 0 bridgehead atoms. The summed E-state index contributed by atoms with van der Waals surface area (Å²) in [6.45, 7) is 5.27. The van der Waals surface area contributed by atoms with Gasteiger partial charge < -0.3 is 10.2 Å². The highest BCUT2D eigenvalue weighted by molar-refractivity contribution is 7.88. The molecular formula is C24H32N4O3S. The van der Waals surface area contributed by atoms with Crippen molar-refractivity contribution in [3.8, 4) is 0 Å². The lowest BCUT2D eigenvalue weighted by Crippen LogP contribution is -2.53. The lowest BCUT2D eigenvalue weighted by Gasteiger charge is -2.34. The summed E-state index contributed by atoms with van der Waals surface area (Å²) in [6, 6.07) is 17.5. The van der Waals surface area contributed by atoms with Crippen molar-refractivity contribution in [1.29, 1.82) is 0 Å². The summed E-state index contributed by atoms with van der Waals surface area (Å²) in [5.74, 6) is -0.00616. The Bertz CT molecular complexity index is 982. The molecular weight excluding hydrogens is 424 g/mol. The number of nitrogens with zero attached hydrogens (tertiary/aromatic N) is 3. The number of carbonyl (C=O) groups is 1. The predicted molar refractivity (Wildman–Crippen MR) is 125 cm³/mol. The Kier molecular flexibility index (Phi) is 7.44. The molecule has 2 aromatic carbocycles. The minimum atomic E-state index is -3.38. The monoisotopic (exact) mass is 456 g/mol. The van der Waals surface area contributed by atoms with E-state index in [4.69, 9.17) is 0 Å². The Morgan fingerprint density at radius 3 is 2.06 bits per heavy atom. The third-order valence-electron chi connectivity index (χ3n) is 6.18. The number of likely N-dealkylation sites (tertiary alicyclic amines) is 1. The topological polar surface area (TPSA) is 73.0 Å². The molecule has 2 amide bonds. The lowest BCUT2D eigenvalue weighted by atomic mass is 10.1. The minimum Gasteiger partial charge on any atom is -0.334 e. The number of urea groups is 1. The maximum atomic E-state index is 12.7. The molecule has 2 saturated heterocycles. The Labute approximate surface area is 191 Å². The van der Waals surface area contributed by atoms with E-state index in [0.29, 0.717) is 32.7 Å². The Morgan fingerprint density at radius 1 is 0.781 bits per heavy atom. The standard InChI is InChI=1S/C24H32N4O3S/c29-24(25-18-21-8-10-22(11-9-21)19-26-12-4-5-13-26)27-14-16-28(17-15-27)32(30,31)20-23-6-2-1-3-7-23/h1-3,6-11H,4-5,12-20H2,(H,25,29). The fourth-order valence-electron chi connectivity index (χ4n) is 4.30. The van der Waals surface area contributed by atoms with Crippen LogP contribution >= 0.6 is 0 Å². The number of hydrogen-bond donors (Lipinski definition) is 1.